The first-order valence-electron chi connectivity index (χ1n) is 5.65. The SMILES string of the molecule is CN(C)c1ccccc1NC(=O)CC(C)(C)N. The molecule has 0 fully saturated rings. The average Bonchev–Trinajstić information content (AvgIpc) is 2.14. The zero-order valence-corrected chi connectivity index (χ0v) is 10.9. The van der Waals surface area contributed by atoms with Crippen molar-refractivity contribution in [2.24, 2.45) is 5.73 Å². The van der Waals surface area contributed by atoms with Crippen LogP contribution in [0.25, 0.3) is 0 Å². The molecule has 4 nitrogen and oxygen atoms in total. The predicted molar refractivity (Wildman–Crippen MR) is 72.3 cm³/mol. The van der Waals surface area contributed by atoms with E-state index < -0.39 is 5.54 Å². The third kappa shape index (κ3) is 4.44. The van der Waals surface area contributed by atoms with E-state index in [4.69, 9.17) is 5.73 Å². The highest BCUT2D eigenvalue weighted by molar-refractivity contribution is 5.94. The molecule has 0 aromatic heterocycles. The van der Waals surface area contributed by atoms with Gasteiger partial charge in [-0.15, -0.1) is 0 Å². The molecule has 1 rings (SSSR count). The summed E-state index contributed by atoms with van der Waals surface area (Å²) >= 11 is 0. The van der Waals surface area contributed by atoms with Crippen LogP contribution in [0.4, 0.5) is 11.4 Å². The fraction of sp³-hybridized carbons (Fsp3) is 0.462. The molecule has 17 heavy (non-hydrogen) atoms. The van der Waals surface area contributed by atoms with Gasteiger partial charge in [-0.05, 0) is 26.0 Å². The van der Waals surface area contributed by atoms with Gasteiger partial charge in [0.25, 0.3) is 0 Å². The van der Waals surface area contributed by atoms with E-state index in [1.165, 1.54) is 0 Å². The molecule has 0 atom stereocenters. The van der Waals surface area contributed by atoms with Crippen molar-refractivity contribution in [3.8, 4) is 0 Å². The number of nitrogens with zero attached hydrogens (tertiary/aromatic N) is 1. The van der Waals surface area contributed by atoms with Gasteiger partial charge in [0, 0.05) is 26.1 Å². The van der Waals surface area contributed by atoms with Crippen molar-refractivity contribution in [2.75, 3.05) is 24.3 Å². The Balaban J connectivity index is 2.78. The number of hydrogen-bond acceptors (Lipinski definition) is 3. The lowest BCUT2D eigenvalue weighted by atomic mass is 10.0. The number of nitrogens with two attached hydrogens (primary N) is 1. The third-order valence-corrected chi connectivity index (χ3v) is 2.28. The number of carbonyl (C=O) groups excluding carboxylic acids is 1. The zero-order valence-electron chi connectivity index (χ0n) is 10.9. The Morgan fingerprint density at radius 3 is 2.47 bits per heavy atom. The van der Waals surface area contributed by atoms with Gasteiger partial charge in [0.15, 0.2) is 0 Å². The van der Waals surface area contributed by atoms with Crippen LogP contribution < -0.4 is 16.0 Å². The highest BCUT2D eigenvalue weighted by Crippen LogP contribution is 2.23. The molecule has 0 unspecified atom stereocenters. The lowest BCUT2D eigenvalue weighted by Gasteiger charge is -2.20. The minimum atomic E-state index is -0.489. The minimum absolute atomic E-state index is 0.0631. The summed E-state index contributed by atoms with van der Waals surface area (Å²) in [4.78, 5) is 13.8. The van der Waals surface area contributed by atoms with Gasteiger partial charge in [-0.25, -0.2) is 0 Å². The van der Waals surface area contributed by atoms with E-state index in [0.29, 0.717) is 6.42 Å². The molecular formula is C13H21N3O. The number of nitrogens with one attached hydrogen (secondary N) is 1. The van der Waals surface area contributed by atoms with E-state index in [0.717, 1.165) is 11.4 Å². The number of anilines is 2. The summed E-state index contributed by atoms with van der Waals surface area (Å²) in [5.41, 5.74) is 7.12. The van der Waals surface area contributed by atoms with Gasteiger partial charge in [0.05, 0.1) is 11.4 Å². The van der Waals surface area contributed by atoms with E-state index in [-0.39, 0.29) is 5.91 Å². The van der Waals surface area contributed by atoms with Gasteiger partial charge in [-0.1, -0.05) is 12.1 Å². The van der Waals surface area contributed by atoms with Crippen molar-refractivity contribution in [1.29, 1.82) is 0 Å². The first-order valence-corrected chi connectivity index (χ1v) is 5.65. The summed E-state index contributed by atoms with van der Waals surface area (Å²) in [6.45, 7) is 3.68. The molecule has 1 aromatic carbocycles. The standard InChI is InChI=1S/C13H21N3O/c1-13(2,14)9-12(17)15-10-7-5-6-8-11(10)16(3)4/h5-8H,9,14H2,1-4H3,(H,15,17). The molecule has 0 bridgehead atoms. The second-order valence-corrected chi connectivity index (χ2v) is 5.13. The van der Waals surface area contributed by atoms with Crippen LogP contribution in [0.1, 0.15) is 20.3 Å². The molecule has 94 valence electrons. The highest BCUT2D eigenvalue weighted by Gasteiger charge is 2.17. The Morgan fingerprint density at radius 1 is 1.35 bits per heavy atom. The fourth-order valence-electron chi connectivity index (χ4n) is 1.58. The molecule has 0 aliphatic carbocycles. The summed E-state index contributed by atoms with van der Waals surface area (Å²) in [7, 11) is 3.88. The molecule has 1 amide bonds. The number of rotatable bonds is 4. The lowest BCUT2D eigenvalue weighted by molar-refractivity contribution is -0.117. The number of benzene rings is 1. The maximum Gasteiger partial charge on any atom is 0.226 e. The molecule has 3 N–H and O–H groups in total. The molecule has 0 saturated carbocycles. The molecule has 0 aliphatic rings. The van der Waals surface area contributed by atoms with Crippen LogP contribution in [0.15, 0.2) is 24.3 Å². The van der Waals surface area contributed by atoms with Gasteiger partial charge in [0.1, 0.15) is 0 Å². The summed E-state index contributed by atoms with van der Waals surface area (Å²) in [5.74, 6) is -0.0631. The Morgan fingerprint density at radius 2 is 1.94 bits per heavy atom. The van der Waals surface area contributed by atoms with E-state index in [1.54, 1.807) is 0 Å². The van der Waals surface area contributed by atoms with Crippen LogP contribution in [0.3, 0.4) is 0 Å². The highest BCUT2D eigenvalue weighted by atomic mass is 16.1. The van der Waals surface area contributed by atoms with Crippen molar-refractivity contribution in [3.63, 3.8) is 0 Å². The second-order valence-electron chi connectivity index (χ2n) is 5.13. The monoisotopic (exact) mass is 235 g/mol. The molecule has 1 aromatic rings. The van der Waals surface area contributed by atoms with E-state index >= 15 is 0 Å². The van der Waals surface area contributed by atoms with Crippen LogP contribution in [0.5, 0.6) is 0 Å². The van der Waals surface area contributed by atoms with Crippen molar-refractivity contribution in [2.45, 2.75) is 25.8 Å². The van der Waals surface area contributed by atoms with E-state index in [1.807, 2.05) is 57.1 Å². The Labute approximate surface area is 103 Å². The first-order chi connectivity index (χ1) is 7.79. The molecule has 0 spiro atoms. The van der Waals surface area contributed by atoms with Crippen molar-refractivity contribution >= 4 is 17.3 Å². The fourth-order valence-corrected chi connectivity index (χ4v) is 1.58. The summed E-state index contributed by atoms with van der Waals surface area (Å²) in [5, 5.41) is 2.89. The van der Waals surface area contributed by atoms with Crippen molar-refractivity contribution in [3.05, 3.63) is 24.3 Å². The molecule has 0 aliphatic heterocycles. The normalized spacial score (nSPS) is 11.1. The van der Waals surface area contributed by atoms with E-state index in [2.05, 4.69) is 5.32 Å². The van der Waals surface area contributed by atoms with Crippen LogP contribution in [-0.2, 0) is 4.79 Å². The van der Waals surface area contributed by atoms with Crippen molar-refractivity contribution < 1.29 is 4.79 Å². The Hall–Kier alpha value is -1.55. The van der Waals surface area contributed by atoms with Crippen LogP contribution in [-0.4, -0.2) is 25.5 Å². The third-order valence-electron chi connectivity index (χ3n) is 2.28. The Kier molecular flexibility index (Phi) is 4.12. The van der Waals surface area contributed by atoms with Crippen molar-refractivity contribution in [1.82, 2.24) is 0 Å². The molecule has 0 saturated heterocycles. The lowest BCUT2D eigenvalue weighted by Crippen LogP contribution is -2.36. The smallest absolute Gasteiger partial charge is 0.226 e. The maximum absolute atomic E-state index is 11.8. The quantitative estimate of drug-likeness (QED) is 0.837. The van der Waals surface area contributed by atoms with Crippen LogP contribution in [0.2, 0.25) is 0 Å². The van der Waals surface area contributed by atoms with Gasteiger partial charge in [-0.2, -0.15) is 0 Å². The topological polar surface area (TPSA) is 58.4 Å². The molecular weight excluding hydrogens is 214 g/mol. The van der Waals surface area contributed by atoms with Gasteiger partial charge in [-0.3, -0.25) is 4.79 Å². The number of para-hydroxylation sites is 2. The number of hydrogen-bond donors (Lipinski definition) is 2. The van der Waals surface area contributed by atoms with Gasteiger partial charge < -0.3 is 16.0 Å². The number of carbonyl (C=O) groups is 1. The molecule has 4 heteroatoms. The molecule has 0 heterocycles. The van der Waals surface area contributed by atoms with Crippen LogP contribution >= 0.6 is 0 Å². The molecule has 0 radical (unpaired) electrons. The number of amides is 1. The van der Waals surface area contributed by atoms with Crippen LogP contribution in [0, 0.1) is 0 Å². The second kappa shape index (κ2) is 5.19. The summed E-state index contributed by atoms with van der Waals surface area (Å²) in [6.07, 6.45) is 0.300. The first kappa shape index (κ1) is 13.5. The maximum atomic E-state index is 11.8. The predicted octanol–water partition coefficient (Wildman–Crippen LogP) is 1.82. The van der Waals surface area contributed by atoms with Gasteiger partial charge >= 0.3 is 0 Å². The summed E-state index contributed by atoms with van der Waals surface area (Å²) in [6, 6.07) is 7.69. The average molecular weight is 235 g/mol. The zero-order chi connectivity index (χ0) is 13.1. The largest absolute Gasteiger partial charge is 0.376 e. The summed E-state index contributed by atoms with van der Waals surface area (Å²) < 4.78 is 0. The minimum Gasteiger partial charge on any atom is -0.376 e. The van der Waals surface area contributed by atoms with E-state index in [9.17, 15) is 4.79 Å². The van der Waals surface area contributed by atoms with Gasteiger partial charge in [0.2, 0.25) is 5.91 Å². The Bertz CT molecular complexity index is 394.